The molecule has 1 aromatic rings. The molecule has 0 saturated carbocycles. The van der Waals surface area contributed by atoms with Crippen LogP contribution in [0.4, 0.5) is 0 Å². The Morgan fingerprint density at radius 1 is 1.33 bits per heavy atom. The number of hydrogen-bond acceptors (Lipinski definition) is 5. The zero-order chi connectivity index (χ0) is 14.7. The molecule has 2 aliphatic rings. The van der Waals surface area contributed by atoms with Gasteiger partial charge in [-0.3, -0.25) is 0 Å². The molecule has 2 aliphatic heterocycles. The first-order valence-corrected chi connectivity index (χ1v) is 7.61. The Morgan fingerprint density at radius 3 is 2.90 bits per heavy atom. The lowest BCUT2D eigenvalue weighted by Crippen LogP contribution is -2.33. The van der Waals surface area contributed by atoms with Crippen LogP contribution in [0.1, 0.15) is 18.1 Å². The molecule has 5 heteroatoms. The second kappa shape index (κ2) is 6.64. The summed E-state index contributed by atoms with van der Waals surface area (Å²) < 4.78 is 17.4. The van der Waals surface area contributed by atoms with Crippen molar-refractivity contribution in [3.05, 3.63) is 23.8 Å². The first-order valence-electron chi connectivity index (χ1n) is 7.61. The average Bonchev–Trinajstić information content (AvgIpc) is 2.94. The van der Waals surface area contributed by atoms with Crippen molar-refractivity contribution >= 4 is 0 Å². The summed E-state index contributed by atoms with van der Waals surface area (Å²) in [4.78, 5) is 2.28. The Bertz CT molecular complexity index is 475. The van der Waals surface area contributed by atoms with Gasteiger partial charge in [0, 0.05) is 26.2 Å². The van der Waals surface area contributed by atoms with Crippen molar-refractivity contribution in [2.45, 2.75) is 18.6 Å². The summed E-state index contributed by atoms with van der Waals surface area (Å²) in [5, 5.41) is 3.35. The second-order valence-electron chi connectivity index (χ2n) is 5.76. The van der Waals surface area contributed by atoms with Crippen LogP contribution < -0.4 is 14.8 Å². The van der Waals surface area contributed by atoms with Gasteiger partial charge in [-0.25, -0.2) is 0 Å². The van der Waals surface area contributed by atoms with E-state index in [4.69, 9.17) is 14.2 Å². The first-order chi connectivity index (χ1) is 10.3. The third kappa shape index (κ3) is 3.48. The van der Waals surface area contributed by atoms with E-state index in [1.807, 2.05) is 12.1 Å². The third-order valence-corrected chi connectivity index (χ3v) is 4.13. The molecular formula is C16H24N2O3. The summed E-state index contributed by atoms with van der Waals surface area (Å²) >= 11 is 0. The summed E-state index contributed by atoms with van der Waals surface area (Å²) in [7, 11) is 3.81. The summed E-state index contributed by atoms with van der Waals surface area (Å²) in [6, 6.07) is 6.12. The van der Waals surface area contributed by atoms with Gasteiger partial charge in [0.05, 0.1) is 19.8 Å². The van der Waals surface area contributed by atoms with Gasteiger partial charge in [-0.2, -0.15) is 0 Å². The maximum atomic E-state index is 6.09. The van der Waals surface area contributed by atoms with Gasteiger partial charge < -0.3 is 24.4 Å². The van der Waals surface area contributed by atoms with Crippen molar-refractivity contribution in [2.75, 3.05) is 46.9 Å². The minimum absolute atomic E-state index is 0.0966. The van der Waals surface area contributed by atoms with Crippen LogP contribution >= 0.6 is 0 Å². The minimum atomic E-state index is 0.0966. The smallest absolute Gasteiger partial charge is 0.161 e. The number of nitrogens with zero attached hydrogens (tertiary/aromatic N) is 1. The molecule has 2 heterocycles. The average molecular weight is 292 g/mol. The van der Waals surface area contributed by atoms with Crippen molar-refractivity contribution in [1.82, 2.24) is 10.2 Å². The van der Waals surface area contributed by atoms with Gasteiger partial charge in [-0.15, -0.1) is 0 Å². The number of morpholine rings is 1. The van der Waals surface area contributed by atoms with E-state index in [9.17, 15) is 0 Å². The van der Waals surface area contributed by atoms with E-state index in [0.29, 0.717) is 0 Å². The van der Waals surface area contributed by atoms with Crippen LogP contribution in [0.5, 0.6) is 11.5 Å². The quantitative estimate of drug-likeness (QED) is 0.909. The molecule has 2 saturated heterocycles. The van der Waals surface area contributed by atoms with Crippen LogP contribution in [0, 0.1) is 0 Å². The Labute approximate surface area is 126 Å². The highest BCUT2D eigenvalue weighted by atomic mass is 16.5. The summed E-state index contributed by atoms with van der Waals surface area (Å²) in [5.41, 5.74) is 1.13. The maximum Gasteiger partial charge on any atom is 0.161 e. The van der Waals surface area contributed by atoms with Gasteiger partial charge >= 0.3 is 0 Å². The normalized spacial score (nSPS) is 26.8. The largest absolute Gasteiger partial charge is 0.493 e. The first kappa shape index (κ1) is 14.6. The number of likely N-dealkylation sites (tertiary alicyclic amines) is 1. The number of rotatable bonds is 4. The molecule has 3 rings (SSSR count). The van der Waals surface area contributed by atoms with Crippen LogP contribution in [-0.2, 0) is 4.74 Å². The van der Waals surface area contributed by atoms with Crippen LogP contribution in [0.3, 0.4) is 0 Å². The van der Waals surface area contributed by atoms with Gasteiger partial charge in [0.2, 0.25) is 0 Å². The van der Waals surface area contributed by atoms with Crippen LogP contribution in [-0.4, -0.2) is 57.9 Å². The van der Waals surface area contributed by atoms with Crippen LogP contribution in [0.25, 0.3) is 0 Å². The number of ether oxygens (including phenoxy) is 3. The molecule has 5 nitrogen and oxygen atoms in total. The summed E-state index contributed by atoms with van der Waals surface area (Å²) in [5.74, 6) is 1.61. The molecule has 0 aromatic heterocycles. The van der Waals surface area contributed by atoms with E-state index in [-0.39, 0.29) is 12.2 Å². The Morgan fingerprint density at radius 2 is 2.24 bits per heavy atom. The van der Waals surface area contributed by atoms with Gasteiger partial charge in [-0.1, -0.05) is 6.07 Å². The fourth-order valence-electron chi connectivity index (χ4n) is 2.93. The molecule has 2 atom stereocenters. The highest BCUT2D eigenvalue weighted by molar-refractivity contribution is 5.44. The lowest BCUT2D eigenvalue weighted by molar-refractivity contribution is 0.0275. The third-order valence-electron chi connectivity index (χ3n) is 4.13. The molecule has 0 amide bonds. The Balaban J connectivity index is 1.72. The van der Waals surface area contributed by atoms with E-state index in [1.165, 1.54) is 0 Å². The number of likely N-dealkylation sites (N-methyl/N-ethyl adjacent to an activating group) is 1. The maximum absolute atomic E-state index is 6.09. The fourth-order valence-corrected chi connectivity index (χ4v) is 2.93. The highest BCUT2D eigenvalue weighted by Gasteiger charge is 2.23. The number of benzene rings is 1. The molecular weight excluding hydrogens is 268 g/mol. The molecule has 2 unspecified atom stereocenters. The van der Waals surface area contributed by atoms with Crippen molar-refractivity contribution in [1.29, 1.82) is 0 Å². The van der Waals surface area contributed by atoms with Crippen molar-refractivity contribution in [3.8, 4) is 11.5 Å². The van der Waals surface area contributed by atoms with Crippen molar-refractivity contribution in [2.24, 2.45) is 0 Å². The van der Waals surface area contributed by atoms with Crippen molar-refractivity contribution in [3.63, 3.8) is 0 Å². The minimum Gasteiger partial charge on any atom is -0.493 e. The SMILES string of the molecule is COc1cc(C2CNCCO2)ccc1OC1CCN(C)C1. The van der Waals surface area contributed by atoms with Gasteiger partial charge in [0.25, 0.3) is 0 Å². The Hall–Kier alpha value is -1.30. The molecule has 0 bridgehead atoms. The predicted molar refractivity (Wildman–Crippen MR) is 81.1 cm³/mol. The van der Waals surface area contributed by atoms with Gasteiger partial charge in [-0.05, 0) is 31.2 Å². The number of methoxy groups -OCH3 is 1. The van der Waals surface area contributed by atoms with Gasteiger partial charge in [0.15, 0.2) is 11.5 Å². The lowest BCUT2D eigenvalue weighted by Gasteiger charge is -2.25. The van der Waals surface area contributed by atoms with Crippen LogP contribution in [0.15, 0.2) is 18.2 Å². The van der Waals surface area contributed by atoms with E-state index in [1.54, 1.807) is 7.11 Å². The highest BCUT2D eigenvalue weighted by Crippen LogP contribution is 2.33. The molecule has 0 radical (unpaired) electrons. The Kier molecular flexibility index (Phi) is 4.63. The monoisotopic (exact) mass is 292 g/mol. The van der Waals surface area contributed by atoms with E-state index >= 15 is 0 Å². The number of hydrogen-bond donors (Lipinski definition) is 1. The predicted octanol–water partition coefficient (Wildman–Crippen LogP) is 1.44. The summed E-state index contributed by atoms with van der Waals surface area (Å²) in [6.45, 7) is 4.58. The molecule has 2 fully saturated rings. The molecule has 1 N–H and O–H groups in total. The molecule has 1 aromatic carbocycles. The fraction of sp³-hybridized carbons (Fsp3) is 0.625. The molecule has 0 spiro atoms. The lowest BCUT2D eigenvalue weighted by atomic mass is 10.1. The van der Waals surface area contributed by atoms with Gasteiger partial charge in [0.1, 0.15) is 6.10 Å². The molecule has 0 aliphatic carbocycles. The summed E-state index contributed by atoms with van der Waals surface area (Å²) in [6.07, 6.45) is 1.42. The zero-order valence-corrected chi connectivity index (χ0v) is 12.8. The van der Waals surface area contributed by atoms with E-state index in [2.05, 4.69) is 23.3 Å². The topological polar surface area (TPSA) is 43.0 Å². The molecule has 116 valence electrons. The number of nitrogens with one attached hydrogen (secondary N) is 1. The zero-order valence-electron chi connectivity index (χ0n) is 12.8. The van der Waals surface area contributed by atoms with Crippen molar-refractivity contribution < 1.29 is 14.2 Å². The van der Waals surface area contributed by atoms with E-state index < -0.39 is 0 Å². The standard InChI is InChI=1S/C16H24N2O3/c1-18-7-5-13(11-18)21-14-4-3-12(9-15(14)19-2)16-10-17-6-8-20-16/h3-4,9,13,16-17H,5-8,10-11H2,1-2H3. The molecule has 21 heavy (non-hydrogen) atoms. The van der Waals surface area contributed by atoms with Crippen LogP contribution in [0.2, 0.25) is 0 Å². The second-order valence-corrected chi connectivity index (χ2v) is 5.76. The van der Waals surface area contributed by atoms with E-state index in [0.717, 1.165) is 56.3 Å².